The molecule has 1 atom stereocenters. The van der Waals surface area contributed by atoms with Crippen LogP contribution in [0.25, 0.3) is 10.8 Å². The van der Waals surface area contributed by atoms with Gasteiger partial charge in [-0.15, -0.1) is 0 Å². The van der Waals surface area contributed by atoms with E-state index in [2.05, 4.69) is 43.0 Å². The molecule has 0 heterocycles. The molecular weight excluding hydrogens is 284 g/mol. The van der Waals surface area contributed by atoms with Crippen LogP contribution >= 0.6 is 12.6 Å². The van der Waals surface area contributed by atoms with E-state index in [1.54, 1.807) is 0 Å². The van der Waals surface area contributed by atoms with Crippen LogP contribution in [0.1, 0.15) is 18.4 Å². The number of hydrogen-bond acceptors (Lipinski definition) is 3. The van der Waals surface area contributed by atoms with E-state index in [-0.39, 0.29) is 11.7 Å². The predicted octanol–water partition coefficient (Wildman–Crippen LogP) is 3.56. The van der Waals surface area contributed by atoms with E-state index in [9.17, 15) is 4.79 Å². The predicted molar refractivity (Wildman–Crippen MR) is 88.1 cm³/mol. The molecule has 0 bridgehead atoms. The van der Waals surface area contributed by atoms with Crippen molar-refractivity contribution >= 4 is 29.4 Å². The van der Waals surface area contributed by atoms with Crippen LogP contribution < -0.4 is 0 Å². The maximum Gasteiger partial charge on any atom is 0.303 e. The molecule has 0 amide bonds. The van der Waals surface area contributed by atoms with Crippen molar-refractivity contribution in [2.75, 3.05) is 13.2 Å². The van der Waals surface area contributed by atoms with Gasteiger partial charge in [0.2, 0.25) is 0 Å². The molecule has 0 aliphatic heterocycles. The molecular formula is C17H20O3S. The fraction of sp³-hybridized carbons (Fsp3) is 0.353. The number of carbonyl (C=O) groups is 1. The van der Waals surface area contributed by atoms with E-state index in [0.717, 1.165) is 6.42 Å². The first kappa shape index (κ1) is 15.9. The summed E-state index contributed by atoms with van der Waals surface area (Å²) < 4.78 is 5.61. The number of aliphatic carboxylic acids is 1. The number of hydrogen-bond donors (Lipinski definition) is 2. The van der Waals surface area contributed by atoms with Crippen LogP contribution in [0.3, 0.4) is 0 Å². The molecule has 1 N–H and O–H groups in total. The van der Waals surface area contributed by atoms with Crippen LogP contribution in [0.5, 0.6) is 0 Å². The van der Waals surface area contributed by atoms with Gasteiger partial charge in [-0.3, -0.25) is 4.79 Å². The van der Waals surface area contributed by atoms with Gasteiger partial charge in [0.15, 0.2) is 0 Å². The molecule has 1 unspecified atom stereocenters. The van der Waals surface area contributed by atoms with Gasteiger partial charge in [0.1, 0.15) is 0 Å². The lowest BCUT2D eigenvalue weighted by Crippen LogP contribution is -2.13. The van der Waals surface area contributed by atoms with Crippen LogP contribution in [-0.2, 0) is 16.0 Å². The zero-order chi connectivity index (χ0) is 15.1. The summed E-state index contributed by atoms with van der Waals surface area (Å²) in [7, 11) is 0. The molecule has 2 aromatic carbocycles. The largest absolute Gasteiger partial charge is 0.481 e. The highest BCUT2D eigenvalue weighted by Crippen LogP contribution is 2.19. The van der Waals surface area contributed by atoms with E-state index in [1.807, 2.05) is 12.1 Å². The van der Waals surface area contributed by atoms with Crippen molar-refractivity contribution in [3.8, 4) is 0 Å². The number of carboxylic acid groups (broad SMARTS) is 1. The van der Waals surface area contributed by atoms with Crippen LogP contribution in [-0.4, -0.2) is 29.5 Å². The highest BCUT2D eigenvalue weighted by molar-refractivity contribution is 7.81. The van der Waals surface area contributed by atoms with Gasteiger partial charge in [-0.25, -0.2) is 0 Å². The summed E-state index contributed by atoms with van der Waals surface area (Å²) in [6, 6.07) is 14.6. The van der Waals surface area contributed by atoms with Crippen molar-refractivity contribution in [3.05, 3.63) is 48.0 Å². The first-order valence-electron chi connectivity index (χ1n) is 7.11. The van der Waals surface area contributed by atoms with E-state index in [1.165, 1.54) is 16.3 Å². The zero-order valence-corrected chi connectivity index (χ0v) is 12.8. The summed E-state index contributed by atoms with van der Waals surface area (Å²) in [5.41, 5.74) is 1.27. The molecule has 4 heteroatoms. The minimum Gasteiger partial charge on any atom is -0.481 e. The molecule has 0 radical (unpaired) electrons. The average Bonchev–Trinajstić information content (AvgIpc) is 2.49. The van der Waals surface area contributed by atoms with Gasteiger partial charge in [-0.2, -0.15) is 12.6 Å². The summed E-state index contributed by atoms with van der Waals surface area (Å²) in [6.45, 7) is 1.11. The molecule has 2 rings (SSSR count). The smallest absolute Gasteiger partial charge is 0.303 e. The molecule has 0 aliphatic carbocycles. The highest BCUT2D eigenvalue weighted by atomic mass is 32.1. The second kappa shape index (κ2) is 8.05. The summed E-state index contributed by atoms with van der Waals surface area (Å²) >= 11 is 4.34. The molecule has 21 heavy (non-hydrogen) atoms. The number of thiol groups is 1. The molecule has 0 saturated carbocycles. The summed E-state index contributed by atoms with van der Waals surface area (Å²) in [5.74, 6) is -0.787. The van der Waals surface area contributed by atoms with E-state index < -0.39 is 5.97 Å². The van der Waals surface area contributed by atoms with Crippen LogP contribution in [0.15, 0.2) is 42.5 Å². The Balaban J connectivity index is 1.79. The number of ether oxygens (including phenoxy) is 1. The Bertz CT molecular complexity index is 592. The Hall–Kier alpha value is -1.52. The summed E-state index contributed by atoms with van der Waals surface area (Å²) in [5, 5.41) is 11.1. The van der Waals surface area contributed by atoms with Gasteiger partial charge in [-0.05, 0) is 29.2 Å². The van der Waals surface area contributed by atoms with Crippen LogP contribution in [0, 0.1) is 0 Å². The van der Waals surface area contributed by atoms with Crippen LogP contribution in [0.2, 0.25) is 0 Å². The molecule has 0 spiro atoms. The van der Waals surface area contributed by atoms with Gasteiger partial charge in [-0.1, -0.05) is 42.5 Å². The monoisotopic (exact) mass is 304 g/mol. The Morgan fingerprint density at radius 3 is 2.76 bits per heavy atom. The molecule has 0 aromatic heterocycles. The molecule has 112 valence electrons. The van der Waals surface area contributed by atoms with Gasteiger partial charge >= 0.3 is 5.97 Å². The van der Waals surface area contributed by atoms with Crippen molar-refractivity contribution in [1.29, 1.82) is 0 Å². The third kappa shape index (κ3) is 5.06. The Kier molecular flexibility index (Phi) is 6.08. The van der Waals surface area contributed by atoms with Crippen LogP contribution in [0.4, 0.5) is 0 Å². The first-order valence-corrected chi connectivity index (χ1v) is 7.62. The molecule has 0 saturated heterocycles. The topological polar surface area (TPSA) is 46.5 Å². The SMILES string of the molecule is O=C(O)CCC(S)COCCc1cccc2ccccc12. The van der Waals surface area contributed by atoms with Gasteiger partial charge in [0.05, 0.1) is 13.2 Å². The number of rotatable bonds is 8. The van der Waals surface area contributed by atoms with Crippen molar-refractivity contribution in [2.24, 2.45) is 0 Å². The van der Waals surface area contributed by atoms with Gasteiger partial charge in [0.25, 0.3) is 0 Å². The third-order valence-electron chi connectivity index (χ3n) is 3.40. The number of fused-ring (bicyclic) bond motifs is 1. The molecule has 3 nitrogen and oxygen atoms in total. The molecule has 2 aromatic rings. The van der Waals surface area contributed by atoms with Crippen molar-refractivity contribution in [2.45, 2.75) is 24.5 Å². The second-order valence-corrected chi connectivity index (χ2v) is 5.78. The van der Waals surface area contributed by atoms with Gasteiger partial charge < -0.3 is 9.84 Å². The molecule has 0 aliphatic rings. The first-order chi connectivity index (χ1) is 10.2. The minimum atomic E-state index is -0.787. The quantitative estimate of drug-likeness (QED) is 0.579. The third-order valence-corrected chi connectivity index (χ3v) is 3.80. The van der Waals surface area contributed by atoms with E-state index >= 15 is 0 Å². The number of carboxylic acids is 1. The normalized spacial score (nSPS) is 12.4. The van der Waals surface area contributed by atoms with Crippen molar-refractivity contribution in [1.82, 2.24) is 0 Å². The van der Waals surface area contributed by atoms with Crippen molar-refractivity contribution < 1.29 is 14.6 Å². The Labute approximate surface area is 130 Å². The lowest BCUT2D eigenvalue weighted by atomic mass is 10.0. The lowest BCUT2D eigenvalue weighted by molar-refractivity contribution is -0.137. The second-order valence-electron chi connectivity index (χ2n) is 5.05. The average molecular weight is 304 g/mol. The fourth-order valence-corrected chi connectivity index (χ4v) is 2.52. The van der Waals surface area contributed by atoms with Crippen molar-refractivity contribution in [3.63, 3.8) is 0 Å². The zero-order valence-electron chi connectivity index (χ0n) is 11.9. The standard InChI is InChI=1S/C17H20O3S/c18-17(19)9-8-15(21)12-20-11-10-14-6-3-5-13-4-1-2-7-16(13)14/h1-7,15,21H,8-12H2,(H,18,19). The Morgan fingerprint density at radius 1 is 1.19 bits per heavy atom. The summed E-state index contributed by atoms with van der Waals surface area (Å²) in [6.07, 6.45) is 1.52. The maximum absolute atomic E-state index is 10.5. The Morgan fingerprint density at radius 2 is 1.95 bits per heavy atom. The maximum atomic E-state index is 10.5. The molecule has 0 fully saturated rings. The summed E-state index contributed by atoms with van der Waals surface area (Å²) in [4.78, 5) is 10.5. The van der Waals surface area contributed by atoms with Gasteiger partial charge in [0, 0.05) is 11.7 Å². The van der Waals surface area contributed by atoms with E-state index in [0.29, 0.717) is 19.6 Å². The lowest BCUT2D eigenvalue weighted by Gasteiger charge is -2.11. The number of benzene rings is 2. The fourth-order valence-electron chi connectivity index (χ4n) is 2.29. The highest BCUT2D eigenvalue weighted by Gasteiger charge is 2.07. The minimum absolute atomic E-state index is 0.0198. The van der Waals surface area contributed by atoms with E-state index in [4.69, 9.17) is 9.84 Å².